The fraction of sp³-hybridized carbons (Fsp3) is 0.176. The Morgan fingerprint density at radius 1 is 0.295 bits per heavy atom. The summed E-state index contributed by atoms with van der Waals surface area (Å²) in [4.78, 5) is 119. The van der Waals surface area contributed by atoms with Gasteiger partial charge in [0.05, 0.1) is 33.4 Å². The van der Waals surface area contributed by atoms with Crippen molar-refractivity contribution < 1.29 is 218 Å². The minimum atomic E-state index is -2.93. The van der Waals surface area contributed by atoms with Gasteiger partial charge in [0.1, 0.15) is 36.5 Å². The molecule has 0 radical (unpaired) electrons. The van der Waals surface area contributed by atoms with Crippen LogP contribution in [0.3, 0.4) is 0 Å². The van der Waals surface area contributed by atoms with Gasteiger partial charge in [-0.05, 0) is 36.4 Å². The largest absolute Gasteiger partial charge is 0.504 e. The van der Waals surface area contributed by atoms with Crippen LogP contribution in [0.25, 0.3) is 22.3 Å². The molecule has 0 amide bonds. The van der Waals surface area contributed by atoms with Crippen molar-refractivity contribution in [2.75, 3.05) is 13.2 Å². The van der Waals surface area contributed by atoms with E-state index in [-0.39, 0.29) is 36.4 Å². The van der Waals surface area contributed by atoms with Crippen LogP contribution in [0.4, 0.5) is 0 Å². The fourth-order valence-electron chi connectivity index (χ4n) is 12.3. The predicted octanol–water partition coefficient (Wildman–Crippen LogP) is 2.17. The SMILES string of the molecule is O=C(OC1C2OC(=O)c3cc(O)c(O)c(O)c3Oc3cc4c(c(O)c3O)-c3c(cc(O)c(O)c3O)C(=O)OC3C(COC4=O)OC(O)C(OC(=O)c4cc(O)c(O)c(O)c4Oc4cc5c(c(O)c4O)-c4c(cc(O)c(O)c4O)C(=O)OC1C(COC5=O)OC2O)C3OC(=O)c1cc(O)c(O)c(O)c1)c1cc(O)c(O)c(O)c1. The molecule has 6 aliphatic heterocycles. The molecule has 584 valence electrons. The number of carbonyl (C=O) groups is 8. The summed E-state index contributed by atoms with van der Waals surface area (Å²) in [6.45, 7) is -3.04. The average molecular weight is 1570 g/mol. The predicted molar refractivity (Wildman–Crippen MR) is 344 cm³/mol. The van der Waals surface area contributed by atoms with Crippen LogP contribution in [0.5, 0.6) is 149 Å². The fourth-order valence-corrected chi connectivity index (χ4v) is 12.3. The van der Waals surface area contributed by atoms with E-state index >= 15 is 19.2 Å². The molecule has 10 bridgehead atoms. The first-order chi connectivity index (χ1) is 52.8. The summed E-state index contributed by atoms with van der Waals surface area (Å²) in [5.74, 6) is -56.4. The quantitative estimate of drug-likeness (QED) is 0.0682. The van der Waals surface area contributed by atoms with Gasteiger partial charge in [-0.25, -0.2) is 38.4 Å². The first-order valence-corrected chi connectivity index (χ1v) is 31.2. The van der Waals surface area contributed by atoms with Gasteiger partial charge in [-0.1, -0.05) is 0 Å². The van der Waals surface area contributed by atoms with Gasteiger partial charge in [-0.3, -0.25) is 0 Å². The zero-order valence-electron chi connectivity index (χ0n) is 54.9. The molecular weight excluding hydrogens is 1520 g/mol. The molecule has 10 unspecified atom stereocenters. The summed E-state index contributed by atoms with van der Waals surface area (Å²) in [5, 5.41) is 269. The number of carbonyl (C=O) groups excluding carboxylic acids is 8. The number of hydrogen-bond acceptors (Lipinski definition) is 44. The van der Waals surface area contributed by atoms with Crippen molar-refractivity contribution in [1.82, 2.24) is 0 Å². The molecule has 6 aliphatic rings. The summed E-state index contributed by atoms with van der Waals surface area (Å²) >= 11 is 0. The van der Waals surface area contributed by atoms with Crippen LogP contribution < -0.4 is 9.47 Å². The van der Waals surface area contributed by atoms with Gasteiger partial charge >= 0.3 is 47.8 Å². The van der Waals surface area contributed by atoms with Crippen LogP contribution in [-0.4, -0.2) is 245 Å². The lowest BCUT2D eigenvalue weighted by Crippen LogP contribution is -2.62. The summed E-state index contributed by atoms with van der Waals surface area (Å²) in [6.07, 6.45) is -27.5. The second kappa shape index (κ2) is 27.4. The molecule has 44 heteroatoms. The molecule has 0 spiro atoms. The lowest BCUT2D eigenvalue weighted by molar-refractivity contribution is -0.284. The van der Waals surface area contributed by atoms with Crippen LogP contribution >= 0.6 is 0 Å². The summed E-state index contributed by atoms with van der Waals surface area (Å²) in [5.41, 5.74) is -15.9. The Morgan fingerprint density at radius 2 is 0.554 bits per heavy atom. The molecule has 2 saturated heterocycles. The maximum Gasteiger partial charge on any atom is 0.342 e. The van der Waals surface area contributed by atoms with Crippen molar-refractivity contribution in [2.45, 2.75) is 61.4 Å². The molecule has 2 fully saturated rings. The van der Waals surface area contributed by atoms with Gasteiger partial charge < -0.3 is 179 Å². The molecule has 10 atom stereocenters. The Balaban J connectivity index is 1.06. The molecule has 6 heterocycles. The molecule has 8 aromatic rings. The normalized spacial score (nSPS) is 21.4. The van der Waals surface area contributed by atoms with Crippen molar-refractivity contribution in [3.8, 4) is 172 Å². The highest BCUT2D eigenvalue weighted by atomic mass is 16.7. The molecule has 0 aromatic heterocycles. The lowest BCUT2D eigenvalue weighted by Gasteiger charge is -2.42. The molecule has 0 saturated carbocycles. The van der Waals surface area contributed by atoms with Crippen molar-refractivity contribution >= 4 is 47.8 Å². The molecule has 112 heavy (non-hydrogen) atoms. The van der Waals surface area contributed by atoms with Crippen molar-refractivity contribution in [2.24, 2.45) is 0 Å². The standard InChI is InChI=1S/C68H48O44/c69-21-1-13(2-22(70)37(21)77)59(91)109-55-53-31-11-101-61(93)17-9-30(44(84)47(87)35(17)33-15(63(95)107-53)5-25(73)39(79)45(33)85)104-52-20(8-28(76)42(82)50(52)90)66(98)112-58-56(110-60(92)14-3-23(71)38(78)24(72)4-14)54-32(106-68(58)100)12-102-62(94)18-10-29(43(83)48(88)36(18)34-16(64(96)108-54)6-26(74)40(80)46(34)86)103-51-19(7-27(75)41(81)49(51)89)65(97)111-57(55)67(99)105-31/h1-10,31-32,53-58,67-90,99-100H,11-12H2. The molecular formula is C68H48O44. The lowest BCUT2D eigenvalue weighted by atomic mass is 9.91. The number of aliphatic hydroxyl groups excluding tert-OH is 2. The number of rotatable bonds is 4. The maximum absolute atomic E-state index is 15.1. The van der Waals surface area contributed by atoms with Gasteiger partial charge in [-0.2, -0.15) is 0 Å². The Bertz CT molecular complexity index is 5090. The van der Waals surface area contributed by atoms with E-state index in [9.17, 15) is 142 Å². The van der Waals surface area contributed by atoms with E-state index in [4.69, 9.17) is 56.8 Å². The molecule has 0 aliphatic carbocycles. The summed E-state index contributed by atoms with van der Waals surface area (Å²) in [7, 11) is 0. The average Bonchev–Trinajstić information content (AvgIpc) is 1.35. The van der Waals surface area contributed by atoms with Crippen molar-refractivity contribution in [1.29, 1.82) is 0 Å². The first-order valence-electron chi connectivity index (χ1n) is 31.2. The minimum Gasteiger partial charge on any atom is -0.504 e. The zero-order valence-corrected chi connectivity index (χ0v) is 54.9. The van der Waals surface area contributed by atoms with Gasteiger partial charge in [0.2, 0.25) is 46.0 Å². The van der Waals surface area contributed by atoms with Gasteiger partial charge in [0, 0.05) is 46.5 Å². The van der Waals surface area contributed by atoms with Crippen molar-refractivity contribution in [3.63, 3.8) is 0 Å². The third-order valence-electron chi connectivity index (χ3n) is 17.7. The number of ether oxygens (including phenoxy) is 12. The summed E-state index contributed by atoms with van der Waals surface area (Å²) in [6, 6.07) is 3.01. The van der Waals surface area contributed by atoms with Gasteiger partial charge in [0.15, 0.2) is 153 Å². The third-order valence-corrected chi connectivity index (χ3v) is 17.7. The second-order valence-electron chi connectivity index (χ2n) is 24.4. The molecule has 44 nitrogen and oxygen atoms in total. The van der Waals surface area contributed by atoms with Crippen LogP contribution in [0.2, 0.25) is 0 Å². The highest BCUT2D eigenvalue weighted by Crippen LogP contribution is 2.59. The van der Waals surface area contributed by atoms with E-state index < -0.39 is 339 Å². The molecule has 8 aromatic carbocycles. The first kappa shape index (κ1) is 74.8. The topological polar surface area (TPSA) is 733 Å². The minimum absolute atomic E-state index is 0.168. The van der Waals surface area contributed by atoms with E-state index in [2.05, 4.69) is 0 Å². The van der Waals surface area contributed by atoms with Crippen molar-refractivity contribution in [3.05, 3.63) is 105 Å². The monoisotopic (exact) mass is 1570 g/mol. The number of benzene rings is 8. The Kier molecular flexibility index (Phi) is 18.3. The highest BCUT2D eigenvalue weighted by Gasteiger charge is 2.56. The van der Waals surface area contributed by atoms with E-state index in [1.807, 2.05) is 0 Å². The number of aliphatic hydroxyl groups is 2. The number of phenolic OH excluding ortho intramolecular Hbond substituents is 22. The van der Waals surface area contributed by atoms with Crippen LogP contribution in [0, 0.1) is 0 Å². The van der Waals surface area contributed by atoms with Crippen LogP contribution in [0.15, 0.2) is 60.7 Å². The van der Waals surface area contributed by atoms with E-state index in [0.29, 0.717) is 24.3 Å². The van der Waals surface area contributed by atoms with Gasteiger partial charge in [0.25, 0.3) is 0 Å². The van der Waals surface area contributed by atoms with Gasteiger partial charge in [-0.15, -0.1) is 0 Å². The number of hydrogen-bond donors (Lipinski definition) is 24. The molecule has 14 rings (SSSR count). The summed E-state index contributed by atoms with van der Waals surface area (Å²) < 4.78 is 67.5. The Hall–Kier alpha value is -15.4. The van der Waals surface area contributed by atoms with E-state index in [1.165, 1.54) is 0 Å². The van der Waals surface area contributed by atoms with E-state index in [1.54, 1.807) is 0 Å². The number of fused-ring (bicyclic) bond motifs is 7. The smallest absolute Gasteiger partial charge is 0.342 e. The van der Waals surface area contributed by atoms with Crippen LogP contribution in [0.1, 0.15) is 82.9 Å². The number of esters is 8. The second-order valence-corrected chi connectivity index (χ2v) is 24.4. The van der Waals surface area contributed by atoms with E-state index in [0.717, 1.165) is 0 Å². The third kappa shape index (κ3) is 12.4. The Labute approximate surface area is 615 Å². The molecule has 24 N–H and O–H groups in total. The highest BCUT2D eigenvalue weighted by molar-refractivity contribution is 6.10. The Morgan fingerprint density at radius 3 is 0.875 bits per heavy atom. The number of phenols is 22. The zero-order chi connectivity index (χ0) is 81.3. The number of aromatic hydroxyl groups is 22. The maximum atomic E-state index is 15.1. The van der Waals surface area contributed by atoms with Crippen LogP contribution in [-0.2, 0) is 47.4 Å².